The first kappa shape index (κ1) is 16.9. The molecule has 0 bridgehead atoms. The third-order valence-corrected chi connectivity index (χ3v) is 5.11. The van der Waals surface area contributed by atoms with E-state index < -0.39 is 0 Å². The van der Waals surface area contributed by atoms with E-state index in [2.05, 4.69) is 38.4 Å². The molecule has 1 fully saturated rings. The number of nitrogens with one attached hydrogen (secondary N) is 1. The maximum atomic E-state index is 5.91. The number of thiazole rings is 1. The summed E-state index contributed by atoms with van der Waals surface area (Å²) in [6, 6.07) is 0. The summed E-state index contributed by atoms with van der Waals surface area (Å²) in [6.45, 7) is 11.0. The summed E-state index contributed by atoms with van der Waals surface area (Å²) in [5, 5.41) is 7.09. The first-order valence-electron chi connectivity index (χ1n) is 7.72. The number of rotatable bonds is 6. The Morgan fingerprint density at radius 2 is 2.24 bits per heavy atom. The zero-order valence-electron chi connectivity index (χ0n) is 13.9. The quantitative estimate of drug-likeness (QED) is 0.819. The lowest BCUT2D eigenvalue weighted by molar-refractivity contribution is -0.0905. The van der Waals surface area contributed by atoms with E-state index in [1.807, 2.05) is 0 Å². The van der Waals surface area contributed by atoms with Crippen LogP contribution in [0.1, 0.15) is 57.2 Å². The Kier molecular flexibility index (Phi) is 5.41. The second kappa shape index (κ2) is 6.73. The van der Waals surface area contributed by atoms with E-state index in [1.165, 1.54) is 10.7 Å². The maximum Gasteiger partial charge on any atom is 0.113 e. The summed E-state index contributed by atoms with van der Waals surface area (Å²) < 4.78 is 11.1. The van der Waals surface area contributed by atoms with Crippen molar-refractivity contribution in [3.05, 3.63) is 16.1 Å². The molecule has 1 atom stereocenters. The van der Waals surface area contributed by atoms with Gasteiger partial charge >= 0.3 is 0 Å². The number of aromatic nitrogens is 1. The van der Waals surface area contributed by atoms with Gasteiger partial charge < -0.3 is 14.8 Å². The highest BCUT2D eigenvalue weighted by molar-refractivity contribution is 7.09. The molecule has 2 heterocycles. The van der Waals surface area contributed by atoms with Crippen molar-refractivity contribution >= 4 is 11.3 Å². The standard InChI is InChI=1S/C16H28N2O2S/c1-12(2)13-10-21-14(18-13)16(17-7-9-19-5)6-8-20-15(3,4)11-16/h10,12,17H,6-9,11H2,1-5H3. The van der Waals surface area contributed by atoms with E-state index in [-0.39, 0.29) is 11.1 Å². The van der Waals surface area contributed by atoms with Crippen LogP contribution in [0.15, 0.2) is 5.38 Å². The van der Waals surface area contributed by atoms with Crippen LogP contribution in [0.2, 0.25) is 0 Å². The van der Waals surface area contributed by atoms with Crippen LogP contribution in [-0.2, 0) is 15.0 Å². The smallest absolute Gasteiger partial charge is 0.113 e. The molecule has 1 saturated heterocycles. The Labute approximate surface area is 132 Å². The molecule has 120 valence electrons. The van der Waals surface area contributed by atoms with Gasteiger partial charge in [0.1, 0.15) is 5.01 Å². The third kappa shape index (κ3) is 4.03. The van der Waals surface area contributed by atoms with Crippen LogP contribution in [0.5, 0.6) is 0 Å². The Bertz CT molecular complexity index is 459. The largest absolute Gasteiger partial charge is 0.383 e. The van der Waals surface area contributed by atoms with Gasteiger partial charge in [-0.3, -0.25) is 0 Å². The van der Waals surface area contributed by atoms with E-state index >= 15 is 0 Å². The Hall–Kier alpha value is -0.490. The zero-order chi connectivity index (χ0) is 15.5. The van der Waals surface area contributed by atoms with Crippen molar-refractivity contribution in [1.82, 2.24) is 10.3 Å². The van der Waals surface area contributed by atoms with Crippen molar-refractivity contribution in [3.63, 3.8) is 0 Å². The second-order valence-electron chi connectivity index (χ2n) is 6.77. The first-order chi connectivity index (χ1) is 9.88. The average molecular weight is 312 g/mol. The SMILES string of the molecule is COCCNC1(c2nc(C(C)C)cs2)CCOC(C)(C)C1. The zero-order valence-corrected chi connectivity index (χ0v) is 14.7. The van der Waals surface area contributed by atoms with Crippen molar-refractivity contribution in [3.8, 4) is 0 Å². The fourth-order valence-corrected chi connectivity index (χ4v) is 4.13. The molecule has 1 aliphatic rings. The van der Waals surface area contributed by atoms with E-state index in [0.717, 1.165) is 26.0 Å². The number of hydrogen-bond donors (Lipinski definition) is 1. The molecule has 1 aromatic heterocycles. The highest BCUT2D eigenvalue weighted by Crippen LogP contribution is 2.41. The Morgan fingerprint density at radius 1 is 1.48 bits per heavy atom. The van der Waals surface area contributed by atoms with Crippen molar-refractivity contribution in [2.24, 2.45) is 0 Å². The number of methoxy groups -OCH3 is 1. The normalized spacial score (nSPS) is 25.4. The molecule has 1 N–H and O–H groups in total. The summed E-state index contributed by atoms with van der Waals surface area (Å²) in [6.07, 6.45) is 1.90. The molecule has 0 amide bonds. The highest BCUT2D eigenvalue weighted by atomic mass is 32.1. The van der Waals surface area contributed by atoms with E-state index in [1.54, 1.807) is 18.4 Å². The predicted octanol–water partition coefficient (Wildman–Crippen LogP) is 3.29. The molecule has 0 saturated carbocycles. The van der Waals surface area contributed by atoms with Crippen LogP contribution >= 0.6 is 11.3 Å². The van der Waals surface area contributed by atoms with Gasteiger partial charge in [-0.05, 0) is 26.2 Å². The van der Waals surface area contributed by atoms with Crippen LogP contribution < -0.4 is 5.32 Å². The summed E-state index contributed by atoms with van der Waals surface area (Å²) in [5.74, 6) is 0.471. The molecule has 21 heavy (non-hydrogen) atoms. The Balaban J connectivity index is 2.25. The van der Waals surface area contributed by atoms with Gasteiger partial charge in [-0.25, -0.2) is 4.98 Å². The summed E-state index contributed by atoms with van der Waals surface area (Å²) in [4.78, 5) is 4.91. The third-order valence-electron chi connectivity index (χ3n) is 4.04. The van der Waals surface area contributed by atoms with Crippen molar-refractivity contribution in [2.45, 2.75) is 57.6 Å². The molecule has 5 heteroatoms. The minimum absolute atomic E-state index is 0.0852. The van der Waals surface area contributed by atoms with Gasteiger partial charge in [-0.1, -0.05) is 13.8 Å². The molecule has 1 unspecified atom stereocenters. The van der Waals surface area contributed by atoms with Gasteiger partial charge in [0.15, 0.2) is 0 Å². The van der Waals surface area contributed by atoms with Crippen molar-refractivity contribution < 1.29 is 9.47 Å². The molecular weight excluding hydrogens is 284 g/mol. The molecule has 1 aromatic rings. The van der Waals surface area contributed by atoms with Gasteiger partial charge in [-0.15, -0.1) is 11.3 Å². The van der Waals surface area contributed by atoms with Crippen LogP contribution in [0.3, 0.4) is 0 Å². The fourth-order valence-electron chi connectivity index (χ4n) is 2.94. The summed E-state index contributed by atoms with van der Waals surface area (Å²) in [5.41, 5.74) is 0.979. The van der Waals surface area contributed by atoms with Crippen LogP contribution in [0, 0.1) is 0 Å². The van der Waals surface area contributed by atoms with Crippen LogP contribution in [0.25, 0.3) is 0 Å². The summed E-state index contributed by atoms with van der Waals surface area (Å²) >= 11 is 1.77. The van der Waals surface area contributed by atoms with Crippen LogP contribution in [0.4, 0.5) is 0 Å². The van der Waals surface area contributed by atoms with Crippen molar-refractivity contribution in [2.75, 3.05) is 26.9 Å². The average Bonchev–Trinajstić information content (AvgIpc) is 2.88. The van der Waals surface area contributed by atoms with E-state index in [0.29, 0.717) is 12.5 Å². The van der Waals surface area contributed by atoms with Gasteiger partial charge in [0.2, 0.25) is 0 Å². The second-order valence-corrected chi connectivity index (χ2v) is 7.63. The van der Waals surface area contributed by atoms with Crippen molar-refractivity contribution in [1.29, 1.82) is 0 Å². The predicted molar refractivity (Wildman–Crippen MR) is 87.0 cm³/mol. The number of nitrogens with zero attached hydrogens (tertiary/aromatic N) is 1. The van der Waals surface area contributed by atoms with Gasteiger partial charge in [0.05, 0.1) is 23.4 Å². The van der Waals surface area contributed by atoms with E-state index in [4.69, 9.17) is 14.5 Å². The monoisotopic (exact) mass is 312 g/mol. The molecular formula is C16H28N2O2S. The maximum absolute atomic E-state index is 5.91. The highest BCUT2D eigenvalue weighted by Gasteiger charge is 2.43. The van der Waals surface area contributed by atoms with Gasteiger partial charge in [0, 0.05) is 32.1 Å². The van der Waals surface area contributed by atoms with Gasteiger partial charge in [-0.2, -0.15) is 0 Å². The molecule has 4 nitrogen and oxygen atoms in total. The number of hydrogen-bond acceptors (Lipinski definition) is 5. The molecule has 2 rings (SSSR count). The molecule has 0 radical (unpaired) electrons. The molecule has 0 aliphatic carbocycles. The lowest BCUT2D eigenvalue weighted by Gasteiger charge is -2.44. The van der Waals surface area contributed by atoms with Crippen LogP contribution in [-0.4, -0.2) is 37.5 Å². The molecule has 1 aliphatic heterocycles. The molecule has 0 spiro atoms. The minimum atomic E-state index is -0.123. The lowest BCUT2D eigenvalue weighted by Crippen LogP contribution is -2.53. The topological polar surface area (TPSA) is 43.4 Å². The fraction of sp³-hybridized carbons (Fsp3) is 0.812. The lowest BCUT2D eigenvalue weighted by atomic mass is 9.81. The number of ether oxygens (including phenoxy) is 2. The Morgan fingerprint density at radius 3 is 2.81 bits per heavy atom. The van der Waals surface area contributed by atoms with Gasteiger partial charge in [0.25, 0.3) is 0 Å². The summed E-state index contributed by atoms with van der Waals surface area (Å²) in [7, 11) is 1.74. The minimum Gasteiger partial charge on any atom is -0.383 e. The first-order valence-corrected chi connectivity index (χ1v) is 8.60. The van der Waals surface area contributed by atoms with E-state index in [9.17, 15) is 0 Å². The molecule has 0 aromatic carbocycles.